The van der Waals surface area contributed by atoms with Gasteiger partial charge in [-0.1, -0.05) is 6.92 Å². The van der Waals surface area contributed by atoms with Crippen molar-refractivity contribution in [1.29, 1.82) is 0 Å². The summed E-state index contributed by atoms with van der Waals surface area (Å²) >= 11 is 0. The van der Waals surface area contributed by atoms with E-state index in [2.05, 4.69) is 15.0 Å². The number of hydrogen-bond acceptors (Lipinski definition) is 5. The fourth-order valence-electron chi connectivity index (χ4n) is 1.45. The lowest BCUT2D eigenvalue weighted by molar-refractivity contribution is -0.118. The van der Waals surface area contributed by atoms with E-state index in [1.807, 2.05) is 6.92 Å². The van der Waals surface area contributed by atoms with Crippen LogP contribution >= 0.6 is 0 Å². The predicted molar refractivity (Wildman–Crippen MR) is 76.6 cm³/mol. The molecule has 0 atom stereocenters. The molecule has 7 nitrogen and oxygen atoms in total. The number of aromatic nitrogens is 1. The summed E-state index contributed by atoms with van der Waals surface area (Å²) in [5, 5.41) is 3.06. The normalized spacial score (nSPS) is 11.2. The Morgan fingerprint density at radius 2 is 2.10 bits per heavy atom. The lowest BCUT2D eigenvalue weighted by Crippen LogP contribution is -2.26. The predicted octanol–water partition coefficient (Wildman–Crippen LogP) is 0.447. The molecule has 0 radical (unpaired) electrons. The molecule has 0 spiro atoms. The summed E-state index contributed by atoms with van der Waals surface area (Å²) in [6, 6.07) is 3.11. The zero-order chi connectivity index (χ0) is 15.0. The topological polar surface area (TPSA) is 114 Å². The molecule has 0 saturated carbocycles. The number of carbonyl (C=O) groups excluding carboxylic acids is 1. The monoisotopic (exact) mass is 300 g/mol. The van der Waals surface area contributed by atoms with Crippen molar-refractivity contribution in [1.82, 2.24) is 9.71 Å². The molecule has 1 aromatic rings. The van der Waals surface area contributed by atoms with E-state index in [1.54, 1.807) is 6.07 Å². The van der Waals surface area contributed by atoms with Crippen LogP contribution in [0, 0.1) is 0 Å². The molecule has 4 N–H and O–H groups in total. The van der Waals surface area contributed by atoms with Gasteiger partial charge in [0.05, 0.1) is 0 Å². The minimum Gasteiger partial charge on any atom is -0.370 e. The van der Waals surface area contributed by atoms with Gasteiger partial charge in [0.1, 0.15) is 10.7 Å². The quantitative estimate of drug-likeness (QED) is 0.573. The molecule has 0 fully saturated rings. The van der Waals surface area contributed by atoms with E-state index < -0.39 is 15.9 Å². The van der Waals surface area contributed by atoms with Gasteiger partial charge in [0.2, 0.25) is 15.9 Å². The Bertz CT molecular complexity index is 528. The second-order valence-electron chi connectivity index (χ2n) is 4.27. The maximum absolute atomic E-state index is 11.9. The van der Waals surface area contributed by atoms with Crippen molar-refractivity contribution in [3.8, 4) is 0 Å². The molecule has 20 heavy (non-hydrogen) atoms. The number of nitrogens with zero attached hydrogens (tertiary/aromatic N) is 1. The van der Waals surface area contributed by atoms with E-state index in [0.717, 1.165) is 13.0 Å². The summed E-state index contributed by atoms with van der Waals surface area (Å²) in [7, 11) is -3.59. The lowest BCUT2D eigenvalue weighted by atomic mass is 10.3. The van der Waals surface area contributed by atoms with E-state index in [0.29, 0.717) is 12.2 Å². The van der Waals surface area contributed by atoms with Gasteiger partial charge in [-0.3, -0.25) is 4.79 Å². The fourth-order valence-corrected chi connectivity index (χ4v) is 2.47. The highest BCUT2D eigenvalue weighted by molar-refractivity contribution is 7.89. The second kappa shape index (κ2) is 7.81. The Hall–Kier alpha value is -1.67. The summed E-state index contributed by atoms with van der Waals surface area (Å²) in [6.45, 7) is 2.98. The number of primary amides is 1. The van der Waals surface area contributed by atoms with Crippen LogP contribution in [-0.2, 0) is 14.8 Å². The number of pyridine rings is 1. The Kier molecular flexibility index (Phi) is 6.40. The molecular weight excluding hydrogens is 280 g/mol. The lowest BCUT2D eigenvalue weighted by Gasteiger charge is -2.07. The third kappa shape index (κ3) is 5.54. The van der Waals surface area contributed by atoms with Gasteiger partial charge in [-0.05, 0) is 25.0 Å². The second-order valence-corrected chi connectivity index (χ2v) is 6.04. The number of nitrogens with one attached hydrogen (secondary N) is 2. The summed E-state index contributed by atoms with van der Waals surface area (Å²) in [5.41, 5.74) is 4.98. The highest BCUT2D eigenvalue weighted by Crippen LogP contribution is 2.10. The fraction of sp³-hybridized carbons (Fsp3) is 0.500. The van der Waals surface area contributed by atoms with Crippen LogP contribution in [0.25, 0.3) is 0 Å². The van der Waals surface area contributed by atoms with Crippen molar-refractivity contribution in [2.75, 3.05) is 18.4 Å². The van der Waals surface area contributed by atoms with E-state index in [-0.39, 0.29) is 17.9 Å². The van der Waals surface area contributed by atoms with Crippen molar-refractivity contribution >= 4 is 21.7 Å². The van der Waals surface area contributed by atoms with Gasteiger partial charge in [0.15, 0.2) is 0 Å². The van der Waals surface area contributed by atoms with Gasteiger partial charge < -0.3 is 11.1 Å². The summed E-state index contributed by atoms with van der Waals surface area (Å²) in [6.07, 6.45) is 2.79. The van der Waals surface area contributed by atoms with E-state index in [4.69, 9.17) is 5.73 Å². The van der Waals surface area contributed by atoms with Gasteiger partial charge >= 0.3 is 0 Å². The van der Waals surface area contributed by atoms with Crippen molar-refractivity contribution < 1.29 is 13.2 Å². The first-order valence-electron chi connectivity index (χ1n) is 6.43. The highest BCUT2D eigenvalue weighted by Gasteiger charge is 2.13. The van der Waals surface area contributed by atoms with Gasteiger partial charge in [-0.2, -0.15) is 0 Å². The van der Waals surface area contributed by atoms with Crippen molar-refractivity contribution in [3.05, 3.63) is 18.3 Å². The maximum atomic E-state index is 11.9. The molecule has 0 aliphatic heterocycles. The molecule has 1 amide bonds. The van der Waals surface area contributed by atoms with Gasteiger partial charge in [-0.25, -0.2) is 18.1 Å². The molecule has 1 rings (SSSR count). The molecule has 0 saturated heterocycles. The van der Waals surface area contributed by atoms with Crippen LogP contribution in [0.1, 0.15) is 26.2 Å². The minimum atomic E-state index is -3.59. The number of hydrogen-bond donors (Lipinski definition) is 3. The smallest absolute Gasteiger partial charge is 0.242 e. The largest absolute Gasteiger partial charge is 0.370 e. The molecule has 8 heteroatoms. The molecule has 1 aromatic heterocycles. The average molecular weight is 300 g/mol. The Balaban J connectivity index is 2.56. The molecule has 1 heterocycles. The number of nitrogens with two attached hydrogens (primary N) is 1. The van der Waals surface area contributed by atoms with Crippen molar-refractivity contribution in [2.45, 2.75) is 31.1 Å². The molecule has 0 unspecified atom stereocenters. The first kappa shape index (κ1) is 16.4. The Morgan fingerprint density at radius 1 is 1.35 bits per heavy atom. The molecular formula is C12H20N4O3S. The maximum Gasteiger partial charge on any atom is 0.242 e. The van der Waals surface area contributed by atoms with Crippen LogP contribution in [0.3, 0.4) is 0 Å². The SMILES string of the molecule is CCCNc1ccc(S(=O)(=O)NCCCC(N)=O)cn1. The summed E-state index contributed by atoms with van der Waals surface area (Å²) in [4.78, 5) is 14.7. The zero-order valence-electron chi connectivity index (χ0n) is 11.4. The number of carbonyl (C=O) groups is 1. The van der Waals surface area contributed by atoms with Crippen LogP contribution in [-0.4, -0.2) is 32.4 Å². The highest BCUT2D eigenvalue weighted by atomic mass is 32.2. The molecule has 0 aliphatic rings. The molecule has 0 aliphatic carbocycles. The Morgan fingerprint density at radius 3 is 2.65 bits per heavy atom. The standard InChI is InChI=1S/C12H20N4O3S/c1-2-7-14-12-6-5-10(9-15-12)20(18,19)16-8-3-4-11(13)17/h5-6,9,16H,2-4,7-8H2,1H3,(H2,13,17)(H,14,15). The first-order chi connectivity index (χ1) is 9.45. The van der Waals surface area contributed by atoms with Crippen LogP contribution in [0.2, 0.25) is 0 Å². The Labute approximate surface area is 119 Å². The van der Waals surface area contributed by atoms with Crippen LogP contribution in [0.15, 0.2) is 23.2 Å². The number of rotatable bonds is 9. The van der Waals surface area contributed by atoms with Crippen LogP contribution in [0.4, 0.5) is 5.82 Å². The van der Waals surface area contributed by atoms with E-state index in [9.17, 15) is 13.2 Å². The van der Waals surface area contributed by atoms with Gasteiger partial charge in [-0.15, -0.1) is 0 Å². The zero-order valence-corrected chi connectivity index (χ0v) is 12.2. The first-order valence-corrected chi connectivity index (χ1v) is 7.92. The van der Waals surface area contributed by atoms with Crippen LogP contribution in [0.5, 0.6) is 0 Å². The average Bonchev–Trinajstić information content (AvgIpc) is 2.42. The van der Waals surface area contributed by atoms with E-state index >= 15 is 0 Å². The third-order valence-corrected chi connectivity index (χ3v) is 3.94. The number of sulfonamides is 1. The third-order valence-electron chi connectivity index (χ3n) is 2.49. The molecule has 0 bridgehead atoms. The minimum absolute atomic E-state index is 0.0959. The van der Waals surface area contributed by atoms with Crippen molar-refractivity contribution in [3.63, 3.8) is 0 Å². The van der Waals surface area contributed by atoms with Crippen molar-refractivity contribution in [2.24, 2.45) is 5.73 Å². The summed E-state index contributed by atoms with van der Waals surface area (Å²) in [5.74, 6) is 0.191. The number of anilines is 1. The van der Waals surface area contributed by atoms with E-state index in [1.165, 1.54) is 12.3 Å². The molecule has 112 valence electrons. The molecule has 0 aromatic carbocycles. The van der Waals surface area contributed by atoms with Gasteiger partial charge in [0, 0.05) is 25.7 Å². The summed E-state index contributed by atoms with van der Waals surface area (Å²) < 4.78 is 26.2. The van der Waals surface area contributed by atoms with Gasteiger partial charge in [0.25, 0.3) is 0 Å². The number of amides is 1. The van der Waals surface area contributed by atoms with Crippen LogP contribution < -0.4 is 15.8 Å².